The van der Waals surface area contributed by atoms with Gasteiger partial charge in [0.05, 0.1) is 17.4 Å². The second-order valence-electron chi connectivity index (χ2n) is 6.68. The number of fused-ring (bicyclic) bond motifs is 1. The van der Waals surface area contributed by atoms with Gasteiger partial charge in [0.25, 0.3) is 0 Å². The highest BCUT2D eigenvalue weighted by Gasteiger charge is 2.34. The van der Waals surface area contributed by atoms with Crippen molar-refractivity contribution in [2.75, 3.05) is 19.8 Å². The summed E-state index contributed by atoms with van der Waals surface area (Å²) in [4.78, 5) is 24.6. The zero-order valence-electron chi connectivity index (χ0n) is 16.3. The first-order valence-electron chi connectivity index (χ1n) is 9.29. The summed E-state index contributed by atoms with van der Waals surface area (Å²) in [7, 11) is 0. The first-order chi connectivity index (χ1) is 15.2. The Labute approximate surface area is 178 Å². The van der Waals surface area contributed by atoms with Crippen LogP contribution in [-0.4, -0.2) is 46.5 Å². The molecule has 8 nitrogen and oxygen atoms in total. The Bertz CT molecular complexity index is 1190. The van der Waals surface area contributed by atoms with E-state index in [1.807, 2.05) is 0 Å². The molecule has 0 saturated carbocycles. The number of esters is 1. The fourth-order valence-corrected chi connectivity index (χ4v) is 3.05. The summed E-state index contributed by atoms with van der Waals surface area (Å²) in [5.41, 5.74) is -1.81. The number of benzene rings is 2. The Morgan fingerprint density at radius 1 is 1.09 bits per heavy atom. The van der Waals surface area contributed by atoms with Crippen LogP contribution in [0.15, 0.2) is 48.7 Å². The molecule has 0 spiro atoms. The molecule has 1 aliphatic heterocycles. The molecule has 2 aromatic carbocycles. The highest BCUT2D eigenvalue weighted by Crippen LogP contribution is 2.34. The smallest absolute Gasteiger partial charge is 0.418 e. The van der Waals surface area contributed by atoms with Crippen molar-refractivity contribution in [3.05, 3.63) is 65.5 Å². The number of carbonyl (C=O) groups excluding carboxylic acids is 2. The first-order valence-corrected chi connectivity index (χ1v) is 9.29. The van der Waals surface area contributed by atoms with Crippen molar-refractivity contribution in [2.24, 2.45) is 0 Å². The number of nitrogens with zero attached hydrogens (tertiary/aromatic N) is 2. The van der Waals surface area contributed by atoms with E-state index in [4.69, 9.17) is 14.2 Å². The summed E-state index contributed by atoms with van der Waals surface area (Å²) >= 11 is 0. The number of ether oxygens (including phenoxy) is 3. The van der Waals surface area contributed by atoms with E-state index >= 15 is 0 Å². The molecule has 0 amide bonds. The molecule has 0 fully saturated rings. The molecule has 4 rings (SSSR count). The van der Waals surface area contributed by atoms with E-state index in [0.717, 1.165) is 23.0 Å². The van der Waals surface area contributed by atoms with Gasteiger partial charge in [-0.15, -0.1) is 0 Å². The van der Waals surface area contributed by atoms with Crippen molar-refractivity contribution in [1.82, 2.24) is 9.78 Å². The van der Waals surface area contributed by atoms with Crippen molar-refractivity contribution in [3.8, 4) is 22.9 Å². The summed E-state index contributed by atoms with van der Waals surface area (Å²) in [6.45, 7) is 0.0461. The number of ketones is 1. The van der Waals surface area contributed by atoms with Crippen LogP contribution in [0.3, 0.4) is 0 Å². The number of aromatic hydroxyl groups is 1. The minimum atomic E-state index is -4.67. The Morgan fingerprint density at radius 2 is 1.81 bits per heavy atom. The zero-order valence-corrected chi connectivity index (χ0v) is 16.3. The largest absolute Gasteiger partial charge is 0.504 e. The second kappa shape index (κ2) is 8.25. The Hall–Kier alpha value is -4.02. The van der Waals surface area contributed by atoms with E-state index in [-0.39, 0.29) is 11.3 Å². The van der Waals surface area contributed by atoms with E-state index in [1.54, 1.807) is 6.07 Å². The van der Waals surface area contributed by atoms with Crippen molar-refractivity contribution < 1.29 is 42.1 Å². The molecule has 1 aliphatic rings. The Kier molecular flexibility index (Phi) is 5.47. The third-order valence-electron chi connectivity index (χ3n) is 4.54. The van der Waals surface area contributed by atoms with E-state index in [9.17, 15) is 27.9 Å². The predicted octanol–water partition coefficient (Wildman–Crippen LogP) is 3.41. The summed E-state index contributed by atoms with van der Waals surface area (Å²) in [6, 6.07) is 9.01. The second-order valence-corrected chi connectivity index (χ2v) is 6.68. The van der Waals surface area contributed by atoms with Crippen LogP contribution < -0.4 is 9.47 Å². The summed E-state index contributed by atoms with van der Waals surface area (Å²) in [6.07, 6.45) is -3.82. The van der Waals surface area contributed by atoms with Crippen LogP contribution in [0.4, 0.5) is 13.2 Å². The number of halogens is 3. The van der Waals surface area contributed by atoms with Crippen LogP contribution in [0, 0.1) is 0 Å². The van der Waals surface area contributed by atoms with Crippen molar-refractivity contribution in [3.63, 3.8) is 0 Å². The normalized spacial score (nSPS) is 13.0. The first kappa shape index (κ1) is 21.2. The Balaban J connectivity index is 1.48. The zero-order chi connectivity index (χ0) is 22.9. The van der Waals surface area contributed by atoms with Crippen molar-refractivity contribution >= 4 is 11.8 Å². The maximum Gasteiger partial charge on any atom is 0.418 e. The molecule has 3 aromatic rings. The number of rotatable bonds is 5. The van der Waals surface area contributed by atoms with Crippen LogP contribution in [-0.2, 0) is 10.9 Å². The predicted molar refractivity (Wildman–Crippen MR) is 102 cm³/mol. The number of alkyl halides is 3. The van der Waals surface area contributed by atoms with Gasteiger partial charge in [-0.2, -0.15) is 18.3 Å². The molecule has 11 heteroatoms. The average Bonchev–Trinajstić information content (AvgIpc) is 3.18. The van der Waals surface area contributed by atoms with Crippen molar-refractivity contribution in [2.45, 2.75) is 6.18 Å². The molecular formula is C21H15F3N2O6. The lowest BCUT2D eigenvalue weighted by Crippen LogP contribution is -2.18. The van der Waals surface area contributed by atoms with Gasteiger partial charge in [0.2, 0.25) is 5.69 Å². The van der Waals surface area contributed by atoms with Crippen LogP contribution >= 0.6 is 0 Å². The number of Topliss-reactive ketones (excluding diaryl/α,β-unsaturated/α-hetero) is 1. The molecule has 0 radical (unpaired) electrons. The molecule has 32 heavy (non-hydrogen) atoms. The number of para-hydroxylation sites is 1. The van der Waals surface area contributed by atoms with E-state index in [1.165, 1.54) is 24.3 Å². The van der Waals surface area contributed by atoms with Gasteiger partial charge in [-0.3, -0.25) is 4.79 Å². The molecule has 0 aliphatic carbocycles. The third kappa shape index (κ3) is 4.22. The lowest BCUT2D eigenvalue weighted by atomic mass is 10.1. The van der Waals surface area contributed by atoms with Crippen LogP contribution in [0.1, 0.15) is 26.4 Å². The lowest BCUT2D eigenvalue weighted by Gasteiger charge is -2.18. The fourth-order valence-electron chi connectivity index (χ4n) is 3.05. The van der Waals surface area contributed by atoms with Gasteiger partial charge in [-0.05, 0) is 30.3 Å². The maximum absolute atomic E-state index is 13.2. The molecule has 1 N–H and O–H groups in total. The van der Waals surface area contributed by atoms with Gasteiger partial charge < -0.3 is 19.3 Å². The minimum Gasteiger partial charge on any atom is -0.504 e. The van der Waals surface area contributed by atoms with E-state index < -0.39 is 41.5 Å². The summed E-state index contributed by atoms with van der Waals surface area (Å²) in [5.74, 6) is -1.56. The van der Waals surface area contributed by atoms with Gasteiger partial charge in [-0.1, -0.05) is 12.1 Å². The molecule has 0 atom stereocenters. The SMILES string of the molecule is O=C(COC(=O)c1nn(-c2ccccc2C(F)(F)F)cc1O)c1ccc2c(c1)OCCO2. The van der Waals surface area contributed by atoms with Crippen LogP contribution in [0.5, 0.6) is 17.2 Å². The quantitative estimate of drug-likeness (QED) is 0.472. The monoisotopic (exact) mass is 448 g/mol. The van der Waals surface area contributed by atoms with E-state index in [0.29, 0.717) is 24.7 Å². The summed E-state index contributed by atoms with van der Waals surface area (Å²) < 4.78 is 56.1. The lowest BCUT2D eigenvalue weighted by molar-refractivity contribution is -0.137. The molecule has 1 aromatic heterocycles. The maximum atomic E-state index is 13.2. The standard InChI is InChI=1S/C21H15F3N2O6/c22-21(23,24)13-3-1-2-4-14(13)26-10-15(27)19(25-26)20(29)32-11-16(28)12-5-6-17-18(9-12)31-8-7-30-17/h1-6,9-10,27H,7-8,11H2. The third-order valence-corrected chi connectivity index (χ3v) is 4.54. The molecule has 2 heterocycles. The highest BCUT2D eigenvalue weighted by atomic mass is 19.4. The highest BCUT2D eigenvalue weighted by molar-refractivity contribution is 6.00. The molecule has 0 unspecified atom stereocenters. The topological polar surface area (TPSA) is 99.9 Å². The van der Waals surface area contributed by atoms with Crippen molar-refractivity contribution in [1.29, 1.82) is 0 Å². The number of hydrogen-bond donors (Lipinski definition) is 1. The van der Waals surface area contributed by atoms with Crippen LogP contribution in [0.25, 0.3) is 5.69 Å². The van der Waals surface area contributed by atoms with Gasteiger partial charge >= 0.3 is 12.1 Å². The molecular weight excluding hydrogens is 433 g/mol. The average molecular weight is 448 g/mol. The molecule has 0 bridgehead atoms. The van der Waals surface area contributed by atoms with Crippen LogP contribution in [0.2, 0.25) is 0 Å². The van der Waals surface area contributed by atoms with Gasteiger partial charge in [0.15, 0.2) is 29.6 Å². The van der Waals surface area contributed by atoms with E-state index in [2.05, 4.69) is 5.10 Å². The molecule has 166 valence electrons. The Morgan fingerprint density at radius 3 is 2.56 bits per heavy atom. The number of carbonyl (C=O) groups is 2. The number of hydrogen-bond acceptors (Lipinski definition) is 7. The van der Waals surface area contributed by atoms with Gasteiger partial charge in [0.1, 0.15) is 13.2 Å². The fraction of sp³-hybridized carbons (Fsp3) is 0.190. The minimum absolute atomic E-state index is 0.205. The van der Waals surface area contributed by atoms with Gasteiger partial charge in [0, 0.05) is 5.56 Å². The number of aromatic nitrogens is 2. The van der Waals surface area contributed by atoms with Gasteiger partial charge in [-0.25, -0.2) is 9.48 Å². The molecule has 0 saturated heterocycles. The summed E-state index contributed by atoms with van der Waals surface area (Å²) in [5, 5.41) is 13.7.